The second-order valence-corrected chi connectivity index (χ2v) is 6.63. The summed E-state index contributed by atoms with van der Waals surface area (Å²) in [6, 6.07) is 2.05. The third kappa shape index (κ3) is 4.48. The van der Waals surface area contributed by atoms with Gasteiger partial charge in [0, 0.05) is 12.7 Å². The van der Waals surface area contributed by atoms with Gasteiger partial charge in [-0.05, 0) is 35.7 Å². The minimum Gasteiger partial charge on any atom is -0.380 e. The van der Waals surface area contributed by atoms with Crippen LogP contribution in [-0.2, 0) is 23.2 Å². The standard InChI is InChI=1S/C19H13F11O/c1-9-5-11(8-31-2)15(10-3-4-14(20)12(7-10)17(22,23)24)13(6-9)16(21,18(25,26)27)19(28,29)30/h3-7H,8H2,1-2H3. The molecule has 0 atom stereocenters. The van der Waals surface area contributed by atoms with Crippen molar-refractivity contribution < 1.29 is 53.0 Å². The normalized spacial score (nSPS) is 13.6. The summed E-state index contributed by atoms with van der Waals surface area (Å²) >= 11 is 0. The van der Waals surface area contributed by atoms with Crippen LogP contribution >= 0.6 is 0 Å². The predicted octanol–water partition coefficient (Wildman–Crippen LogP) is 7.26. The second kappa shape index (κ2) is 7.95. The molecule has 0 saturated heterocycles. The third-order valence-corrected chi connectivity index (χ3v) is 4.38. The number of alkyl halides is 10. The molecule has 0 saturated carbocycles. The lowest BCUT2D eigenvalue weighted by Gasteiger charge is -2.33. The van der Waals surface area contributed by atoms with Crippen molar-refractivity contribution in [1.82, 2.24) is 0 Å². The lowest BCUT2D eigenvalue weighted by molar-refractivity contribution is -0.348. The number of hydrogen-bond donors (Lipinski definition) is 0. The Hall–Kier alpha value is -2.37. The van der Waals surface area contributed by atoms with Gasteiger partial charge in [0.1, 0.15) is 5.82 Å². The maximum atomic E-state index is 14.9. The Balaban J connectivity index is 3.04. The first-order valence-electron chi connectivity index (χ1n) is 8.27. The van der Waals surface area contributed by atoms with Crippen LogP contribution < -0.4 is 0 Å². The first-order chi connectivity index (χ1) is 13.9. The van der Waals surface area contributed by atoms with E-state index < -0.39 is 64.4 Å². The Morgan fingerprint density at radius 3 is 1.77 bits per heavy atom. The average Bonchev–Trinajstić information content (AvgIpc) is 2.58. The number of methoxy groups -OCH3 is 1. The quantitative estimate of drug-likeness (QED) is 0.431. The van der Waals surface area contributed by atoms with Gasteiger partial charge in [-0.2, -0.15) is 39.5 Å². The molecule has 0 fully saturated rings. The van der Waals surface area contributed by atoms with Gasteiger partial charge < -0.3 is 4.74 Å². The molecule has 0 aliphatic heterocycles. The fourth-order valence-corrected chi connectivity index (χ4v) is 3.11. The van der Waals surface area contributed by atoms with Crippen molar-refractivity contribution in [3.05, 3.63) is 58.4 Å². The smallest absolute Gasteiger partial charge is 0.380 e. The van der Waals surface area contributed by atoms with E-state index in [1.54, 1.807) is 0 Å². The van der Waals surface area contributed by atoms with Crippen molar-refractivity contribution in [3.8, 4) is 11.1 Å². The van der Waals surface area contributed by atoms with Crippen LogP contribution in [0, 0.1) is 12.7 Å². The summed E-state index contributed by atoms with van der Waals surface area (Å²) in [7, 11) is 1.02. The molecule has 0 radical (unpaired) electrons. The van der Waals surface area contributed by atoms with Crippen molar-refractivity contribution >= 4 is 0 Å². The fourth-order valence-electron chi connectivity index (χ4n) is 3.11. The second-order valence-electron chi connectivity index (χ2n) is 6.63. The molecule has 0 N–H and O–H groups in total. The number of halogens is 11. The van der Waals surface area contributed by atoms with Gasteiger partial charge >= 0.3 is 24.2 Å². The van der Waals surface area contributed by atoms with Gasteiger partial charge in [0.2, 0.25) is 0 Å². The Morgan fingerprint density at radius 1 is 0.774 bits per heavy atom. The molecule has 2 rings (SSSR count). The summed E-state index contributed by atoms with van der Waals surface area (Å²) in [5.41, 5.74) is -12.5. The van der Waals surface area contributed by atoms with Crippen molar-refractivity contribution in [3.63, 3.8) is 0 Å². The molecule has 0 aliphatic carbocycles. The maximum Gasteiger partial charge on any atom is 0.435 e. The van der Waals surface area contributed by atoms with Crippen LogP contribution in [0.1, 0.15) is 22.3 Å². The molecule has 172 valence electrons. The van der Waals surface area contributed by atoms with Gasteiger partial charge in [-0.3, -0.25) is 0 Å². The first-order valence-corrected chi connectivity index (χ1v) is 8.27. The largest absolute Gasteiger partial charge is 0.435 e. The third-order valence-electron chi connectivity index (χ3n) is 4.38. The molecule has 12 heteroatoms. The summed E-state index contributed by atoms with van der Waals surface area (Å²) in [6.07, 6.45) is -18.3. The van der Waals surface area contributed by atoms with Crippen LogP contribution in [-0.4, -0.2) is 19.5 Å². The molecule has 1 nitrogen and oxygen atoms in total. The van der Waals surface area contributed by atoms with E-state index in [0.717, 1.165) is 20.1 Å². The zero-order valence-electron chi connectivity index (χ0n) is 15.7. The van der Waals surface area contributed by atoms with Gasteiger partial charge in [-0.1, -0.05) is 23.8 Å². The topological polar surface area (TPSA) is 9.23 Å². The minimum atomic E-state index is -6.51. The zero-order valence-corrected chi connectivity index (χ0v) is 15.7. The maximum absolute atomic E-state index is 14.9. The summed E-state index contributed by atoms with van der Waals surface area (Å²) in [5.74, 6) is -1.81. The van der Waals surface area contributed by atoms with Crippen LogP contribution in [0.4, 0.5) is 48.3 Å². The predicted molar refractivity (Wildman–Crippen MR) is 87.2 cm³/mol. The van der Waals surface area contributed by atoms with E-state index in [0.29, 0.717) is 6.07 Å². The number of benzene rings is 2. The SMILES string of the molecule is COCc1cc(C)cc(C(F)(C(F)(F)F)C(F)(F)F)c1-c1ccc(F)c(C(F)(F)F)c1. The van der Waals surface area contributed by atoms with Crippen LogP contribution in [0.3, 0.4) is 0 Å². The highest BCUT2D eigenvalue weighted by Gasteiger charge is 2.74. The van der Waals surface area contributed by atoms with Crippen molar-refractivity contribution in [2.75, 3.05) is 7.11 Å². The van der Waals surface area contributed by atoms with E-state index in [-0.39, 0.29) is 23.8 Å². The summed E-state index contributed by atoms with van der Waals surface area (Å²) in [4.78, 5) is 0. The monoisotopic (exact) mass is 466 g/mol. The van der Waals surface area contributed by atoms with Crippen LogP contribution in [0.5, 0.6) is 0 Å². The van der Waals surface area contributed by atoms with Gasteiger partial charge in [0.25, 0.3) is 0 Å². The highest BCUT2D eigenvalue weighted by molar-refractivity contribution is 5.74. The van der Waals surface area contributed by atoms with Gasteiger partial charge in [0.05, 0.1) is 12.2 Å². The Bertz CT molecular complexity index is 941. The van der Waals surface area contributed by atoms with Crippen LogP contribution in [0.15, 0.2) is 30.3 Å². The first kappa shape index (κ1) is 24.9. The lowest BCUT2D eigenvalue weighted by atomic mass is 9.83. The van der Waals surface area contributed by atoms with Crippen molar-refractivity contribution in [2.45, 2.75) is 37.7 Å². The van der Waals surface area contributed by atoms with E-state index in [1.165, 1.54) is 0 Å². The van der Waals surface area contributed by atoms with Crippen molar-refractivity contribution in [2.24, 2.45) is 0 Å². The average molecular weight is 466 g/mol. The van der Waals surface area contributed by atoms with Crippen LogP contribution in [0.2, 0.25) is 0 Å². The van der Waals surface area contributed by atoms with Gasteiger partial charge in [0.15, 0.2) is 0 Å². The number of ether oxygens (including phenoxy) is 1. The lowest BCUT2D eigenvalue weighted by Crippen LogP contribution is -2.50. The van der Waals surface area contributed by atoms with E-state index in [4.69, 9.17) is 4.74 Å². The molecular formula is C19H13F11O. The molecule has 0 amide bonds. The number of hydrogen-bond acceptors (Lipinski definition) is 1. The molecule has 0 heterocycles. The minimum absolute atomic E-state index is 0.0236. The molecule has 0 aliphatic rings. The van der Waals surface area contributed by atoms with Gasteiger partial charge in [-0.25, -0.2) is 8.78 Å². The number of aryl methyl sites for hydroxylation is 1. The molecule has 0 spiro atoms. The molecule has 2 aromatic rings. The molecule has 0 unspecified atom stereocenters. The van der Waals surface area contributed by atoms with E-state index in [9.17, 15) is 48.3 Å². The molecule has 2 aromatic carbocycles. The Labute approximate surface area is 168 Å². The van der Waals surface area contributed by atoms with Crippen molar-refractivity contribution in [1.29, 1.82) is 0 Å². The molecule has 0 bridgehead atoms. The van der Waals surface area contributed by atoms with E-state index >= 15 is 0 Å². The fraction of sp³-hybridized carbons (Fsp3) is 0.368. The van der Waals surface area contributed by atoms with Gasteiger partial charge in [-0.15, -0.1) is 0 Å². The molecule has 31 heavy (non-hydrogen) atoms. The highest BCUT2D eigenvalue weighted by Crippen LogP contribution is 2.56. The Kier molecular flexibility index (Phi) is 6.39. The summed E-state index contributed by atoms with van der Waals surface area (Å²) in [6.45, 7) is 0.417. The highest BCUT2D eigenvalue weighted by atomic mass is 19.4. The molecular weight excluding hydrogens is 453 g/mol. The summed E-state index contributed by atoms with van der Waals surface area (Å²) < 4.78 is 153. The summed E-state index contributed by atoms with van der Waals surface area (Å²) in [5, 5.41) is 0. The molecule has 0 aromatic heterocycles. The van der Waals surface area contributed by atoms with E-state index in [2.05, 4.69) is 0 Å². The van der Waals surface area contributed by atoms with Crippen LogP contribution in [0.25, 0.3) is 11.1 Å². The van der Waals surface area contributed by atoms with E-state index in [1.807, 2.05) is 0 Å². The zero-order chi connectivity index (χ0) is 24.0. The number of rotatable bonds is 4. The Morgan fingerprint density at radius 2 is 1.32 bits per heavy atom.